The molecule has 0 radical (unpaired) electrons. The number of ether oxygens (including phenoxy) is 1. The first-order valence-electron chi connectivity index (χ1n) is 9.30. The quantitative estimate of drug-likeness (QED) is 0.564. The van der Waals surface area contributed by atoms with Gasteiger partial charge in [-0.2, -0.15) is 0 Å². The summed E-state index contributed by atoms with van der Waals surface area (Å²) in [4.78, 5) is 30.5. The zero-order valence-electron chi connectivity index (χ0n) is 15.4. The lowest BCUT2D eigenvalue weighted by atomic mass is 10.1. The van der Waals surface area contributed by atoms with Gasteiger partial charge in [0, 0.05) is 25.8 Å². The molecule has 1 aliphatic rings. The summed E-state index contributed by atoms with van der Waals surface area (Å²) in [6.45, 7) is 3.72. The average Bonchev–Trinajstić information content (AvgIpc) is 3.28. The smallest absolute Gasteiger partial charge is 0.253 e. The third-order valence-electron chi connectivity index (χ3n) is 4.91. The van der Waals surface area contributed by atoms with Gasteiger partial charge in [0.2, 0.25) is 0 Å². The van der Waals surface area contributed by atoms with E-state index in [9.17, 15) is 9.59 Å². The summed E-state index contributed by atoms with van der Waals surface area (Å²) in [6.07, 6.45) is 3.33. The number of aromatic nitrogens is 1. The van der Waals surface area contributed by atoms with Crippen LogP contribution in [0.5, 0.6) is 0 Å². The van der Waals surface area contributed by atoms with Crippen molar-refractivity contribution in [3.8, 4) is 0 Å². The number of anilines is 2. The number of hydrogen-bond donors (Lipinski definition) is 2. The summed E-state index contributed by atoms with van der Waals surface area (Å²) in [7, 11) is 0. The number of hydrogen-bond acceptors (Lipinski definition) is 8. The molecule has 1 atom stereocenters. The van der Waals surface area contributed by atoms with Gasteiger partial charge in [0.25, 0.3) is 10.9 Å². The maximum Gasteiger partial charge on any atom is 0.253 e. The van der Waals surface area contributed by atoms with Crippen molar-refractivity contribution >= 4 is 11.4 Å². The standard InChI is InChI=1S/C20H22N4O4/c25-19-17(22-12-14-4-1-2-6-21-14)18(20(19)26)23-13-15(16-5-3-9-28-16)24-7-10-27-11-8-24/h1-6,9,15,22-23H,7-8,10-13H2/t15-/m0/s1. The second-order valence-corrected chi connectivity index (χ2v) is 6.64. The molecular weight excluding hydrogens is 360 g/mol. The van der Waals surface area contributed by atoms with E-state index in [2.05, 4.69) is 20.5 Å². The molecule has 8 heteroatoms. The van der Waals surface area contributed by atoms with Gasteiger partial charge in [-0.1, -0.05) is 6.07 Å². The SMILES string of the molecule is O=c1c(NCc2ccccn2)c(NC[C@@H](c2ccco2)N2CCOCC2)c1=O. The maximum absolute atomic E-state index is 12.1. The second-order valence-electron chi connectivity index (χ2n) is 6.64. The minimum Gasteiger partial charge on any atom is -0.468 e. The van der Waals surface area contributed by atoms with Crippen molar-refractivity contribution in [3.63, 3.8) is 0 Å². The Bertz CT molecular complexity index is 958. The first-order chi connectivity index (χ1) is 13.7. The number of morpholine rings is 1. The van der Waals surface area contributed by atoms with Gasteiger partial charge in [-0.25, -0.2) is 0 Å². The lowest BCUT2D eigenvalue weighted by Gasteiger charge is -2.33. The predicted octanol–water partition coefficient (Wildman–Crippen LogP) is 1.37. The first-order valence-corrected chi connectivity index (χ1v) is 9.30. The van der Waals surface area contributed by atoms with Crippen molar-refractivity contribution in [3.05, 3.63) is 74.7 Å². The molecule has 3 aromatic rings. The van der Waals surface area contributed by atoms with Gasteiger partial charge in [-0.3, -0.25) is 19.5 Å². The Labute approximate surface area is 161 Å². The van der Waals surface area contributed by atoms with E-state index >= 15 is 0 Å². The first kappa shape index (κ1) is 18.4. The van der Waals surface area contributed by atoms with Gasteiger partial charge in [0.15, 0.2) is 0 Å². The number of nitrogens with one attached hydrogen (secondary N) is 2. The maximum atomic E-state index is 12.1. The highest BCUT2D eigenvalue weighted by Crippen LogP contribution is 2.24. The van der Waals surface area contributed by atoms with E-state index in [0.29, 0.717) is 37.7 Å². The van der Waals surface area contributed by atoms with Gasteiger partial charge in [-0.05, 0) is 24.3 Å². The molecule has 0 spiro atoms. The molecule has 1 saturated heterocycles. The molecule has 1 aromatic carbocycles. The monoisotopic (exact) mass is 382 g/mol. The van der Waals surface area contributed by atoms with Crippen LogP contribution in [-0.2, 0) is 11.3 Å². The minimum atomic E-state index is -0.501. The largest absolute Gasteiger partial charge is 0.468 e. The van der Waals surface area contributed by atoms with Crippen LogP contribution >= 0.6 is 0 Å². The summed E-state index contributed by atoms with van der Waals surface area (Å²) >= 11 is 0. The van der Waals surface area contributed by atoms with Crippen LogP contribution in [0, 0.1) is 0 Å². The molecule has 2 aromatic heterocycles. The van der Waals surface area contributed by atoms with Crippen LogP contribution in [0.3, 0.4) is 0 Å². The van der Waals surface area contributed by atoms with E-state index in [1.54, 1.807) is 12.5 Å². The summed E-state index contributed by atoms with van der Waals surface area (Å²) in [5, 5.41) is 6.19. The van der Waals surface area contributed by atoms with Crippen molar-refractivity contribution in [2.45, 2.75) is 12.6 Å². The normalized spacial score (nSPS) is 16.1. The highest BCUT2D eigenvalue weighted by Gasteiger charge is 2.27. The van der Waals surface area contributed by atoms with Crippen LogP contribution in [0.1, 0.15) is 17.5 Å². The fourth-order valence-electron chi connectivity index (χ4n) is 3.39. The fourth-order valence-corrected chi connectivity index (χ4v) is 3.39. The molecule has 146 valence electrons. The van der Waals surface area contributed by atoms with Gasteiger partial charge in [0.05, 0.1) is 37.8 Å². The summed E-state index contributed by atoms with van der Waals surface area (Å²) in [5.74, 6) is 0.816. The molecule has 0 amide bonds. The van der Waals surface area contributed by atoms with E-state index in [-0.39, 0.29) is 6.04 Å². The Morgan fingerprint density at radius 1 is 1.04 bits per heavy atom. The Kier molecular flexibility index (Phi) is 5.50. The van der Waals surface area contributed by atoms with Crippen LogP contribution in [0.2, 0.25) is 0 Å². The van der Waals surface area contributed by atoms with Crippen LogP contribution in [-0.4, -0.2) is 42.7 Å². The van der Waals surface area contributed by atoms with E-state index < -0.39 is 10.9 Å². The minimum absolute atomic E-state index is 0.0491. The molecule has 8 nitrogen and oxygen atoms in total. The lowest BCUT2D eigenvalue weighted by Crippen LogP contribution is -2.43. The fraction of sp³-hybridized carbons (Fsp3) is 0.350. The molecule has 28 heavy (non-hydrogen) atoms. The average molecular weight is 382 g/mol. The second kappa shape index (κ2) is 8.37. The van der Waals surface area contributed by atoms with Crippen LogP contribution in [0.15, 0.2) is 56.8 Å². The van der Waals surface area contributed by atoms with Crippen LogP contribution in [0.4, 0.5) is 11.4 Å². The molecular formula is C20H22N4O4. The van der Waals surface area contributed by atoms with E-state index in [1.807, 2.05) is 30.3 Å². The zero-order chi connectivity index (χ0) is 19.3. The third-order valence-corrected chi connectivity index (χ3v) is 4.91. The van der Waals surface area contributed by atoms with Crippen molar-refractivity contribution < 1.29 is 9.15 Å². The molecule has 0 unspecified atom stereocenters. The predicted molar refractivity (Wildman–Crippen MR) is 105 cm³/mol. The number of furan rings is 1. The lowest BCUT2D eigenvalue weighted by molar-refractivity contribution is 0.0144. The molecule has 3 heterocycles. The van der Waals surface area contributed by atoms with Crippen molar-refractivity contribution in [1.82, 2.24) is 9.88 Å². The highest BCUT2D eigenvalue weighted by molar-refractivity contribution is 5.74. The molecule has 0 saturated carbocycles. The van der Waals surface area contributed by atoms with E-state index in [4.69, 9.17) is 9.15 Å². The topological polar surface area (TPSA) is 96.7 Å². The zero-order valence-corrected chi connectivity index (χ0v) is 15.4. The van der Waals surface area contributed by atoms with Gasteiger partial charge >= 0.3 is 0 Å². The Hall–Kier alpha value is -2.97. The van der Waals surface area contributed by atoms with Crippen LogP contribution < -0.4 is 21.5 Å². The highest BCUT2D eigenvalue weighted by atomic mass is 16.5. The number of nitrogens with zero attached hydrogens (tertiary/aromatic N) is 2. The number of pyridine rings is 1. The summed E-state index contributed by atoms with van der Waals surface area (Å²) in [6, 6.07) is 9.28. The molecule has 0 bridgehead atoms. The van der Waals surface area contributed by atoms with Gasteiger partial charge < -0.3 is 19.8 Å². The van der Waals surface area contributed by atoms with Crippen molar-refractivity contribution in [1.29, 1.82) is 0 Å². The molecule has 4 rings (SSSR count). The Morgan fingerprint density at radius 3 is 2.50 bits per heavy atom. The summed E-state index contributed by atoms with van der Waals surface area (Å²) in [5.41, 5.74) is 0.438. The number of rotatable bonds is 8. The molecule has 0 aliphatic carbocycles. The van der Waals surface area contributed by atoms with E-state index in [1.165, 1.54) is 0 Å². The van der Waals surface area contributed by atoms with Crippen molar-refractivity contribution in [2.75, 3.05) is 43.5 Å². The van der Waals surface area contributed by atoms with E-state index in [0.717, 1.165) is 24.5 Å². The van der Waals surface area contributed by atoms with Gasteiger partial charge in [-0.15, -0.1) is 0 Å². The molecule has 1 aliphatic heterocycles. The third kappa shape index (κ3) is 3.83. The van der Waals surface area contributed by atoms with Crippen LogP contribution in [0.25, 0.3) is 0 Å². The van der Waals surface area contributed by atoms with Crippen molar-refractivity contribution in [2.24, 2.45) is 0 Å². The molecule has 1 fully saturated rings. The Balaban J connectivity index is 1.45. The molecule has 2 N–H and O–H groups in total. The van der Waals surface area contributed by atoms with Gasteiger partial charge in [0.1, 0.15) is 17.1 Å². The Morgan fingerprint density at radius 2 is 1.82 bits per heavy atom. The summed E-state index contributed by atoms with van der Waals surface area (Å²) < 4.78 is 11.0.